The van der Waals surface area contributed by atoms with Crippen LogP contribution in [0.5, 0.6) is 0 Å². The van der Waals surface area contributed by atoms with Gasteiger partial charge in [-0.15, -0.1) is 0 Å². The molecule has 0 bridgehead atoms. The van der Waals surface area contributed by atoms with Gasteiger partial charge in [0.2, 0.25) is 5.95 Å². The highest BCUT2D eigenvalue weighted by Gasteiger charge is 2.23. The zero-order chi connectivity index (χ0) is 18.9. The van der Waals surface area contributed by atoms with Crippen molar-refractivity contribution < 1.29 is 9.15 Å². The van der Waals surface area contributed by atoms with E-state index in [0.717, 1.165) is 30.8 Å². The number of fused-ring (bicyclic) bond motifs is 3. The number of aryl methyl sites for hydroxylation is 2. The maximum atomic E-state index is 12.9. The highest BCUT2D eigenvalue weighted by Crippen LogP contribution is 2.27. The van der Waals surface area contributed by atoms with E-state index in [1.54, 1.807) is 0 Å². The summed E-state index contributed by atoms with van der Waals surface area (Å²) in [6, 6.07) is 17.9. The van der Waals surface area contributed by atoms with Crippen LogP contribution in [0.15, 0.2) is 63.8 Å². The fraction of sp³-hybridized carbons (Fsp3) is 0.273. The summed E-state index contributed by atoms with van der Waals surface area (Å²) >= 11 is 0. The fourth-order valence-electron chi connectivity index (χ4n) is 3.84. The first-order chi connectivity index (χ1) is 13.8. The van der Waals surface area contributed by atoms with E-state index in [4.69, 9.17) is 14.1 Å². The number of benzene rings is 2. The van der Waals surface area contributed by atoms with E-state index < -0.39 is 0 Å². The van der Waals surface area contributed by atoms with Crippen LogP contribution in [-0.2, 0) is 17.7 Å². The number of nitrogens with zero attached hydrogens (tertiary/aromatic N) is 3. The molecule has 0 atom stereocenters. The Hall–Kier alpha value is -3.12. The standard InChI is InChI=1S/C22H21N3O3/c26-21-20-19(17-8-4-5-9-18(17)28-21)23-22(24-12-14-27-15-13-24)25(20)11-10-16-6-2-1-3-7-16/h1-9H,10-15H2. The van der Waals surface area contributed by atoms with Crippen LogP contribution in [0.4, 0.5) is 5.95 Å². The topological polar surface area (TPSA) is 60.5 Å². The molecule has 1 fully saturated rings. The molecule has 5 rings (SSSR count). The second-order valence-electron chi connectivity index (χ2n) is 6.98. The van der Waals surface area contributed by atoms with E-state index in [1.165, 1.54) is 5.56 Å². The molecule has 2 aromatic heterocycles. The minimum atomic E-state index is -0.339. The molecule has 0 saturated carbocycles. The Morgan fingerprint density at radius 3 is 2.54 bits per heavy atom. The van der Waals surface area contributed by atoms with E-state index in [1.807, 2.05) is 47.0 Å². The second kappa shape index (κ2) is 7.13. The molecule has 2 aromatic carbocycles. The zero-order valence-electron chi connectivity index (χ0n) is 15.5. The van der Waals surface area contributed by atoms with Crippen LogP contribution in [0.25, 0.3) is 22.0 Å². The van der Waals surface area contributed by atoms with Crippen molar-refractivity contribution in [3.8, 4) is 0 Å². The van der Waals surface area contributed by atoms with Gasteiger partial charge in [-0.3, -0.25) is 0 Å². The highest BCUT2D eigenvalue weighted by molar-refractivity contribution is 6.01. The molecule has 6 nitrogen and oxygen atoms in total. The summed E-state index contributed by atoms with van der Waals surface area (Å²) in [5, 5.41) is 0.866. The highest BCUT2D eigenvalue weighted by atomic mass is 16.5. The van der Waals surface area contributed by atoms with Crippen LogP contribution < -0.4 is 10.5 Å². The third-order valence-corrected chi connectivity index (χ3v) is 5.25. The van der Waals surface area contributed by atoms with Crippen LogP contribution >= 0.6 is 0 Å². The Labute approximate surface area is 162 Å². The van der Waals surface area contributed by atoms with Crippen molar-refractivity contribution in [1.29, 1.82) is 0 Å². The minimum Gasteiger partial charge on any atom is -0.421 e. The summed E-state index contributed by atoms with van der Waals surface area (Å²) < 4.78 is 13.1. The molecule has 0 amide bonds. The maximum absolute atomic E-state index is 12.9. The van der Waals surface area contributed by atoms with Gasteiger partial charge in [-0.05, 0) is 24.1 Å². The van der Waals surface area contributed by atoms with Crippen LogP contribution in [0, 0.1) is 0 Å². The lowest BCUT2D eigenvalue weighted by molar-refractivity contribution is 0.121. The Bertz CT molecular complexity index is 1170. The lowest BCUT2D eigenvalue weighted by atomic mass is 10.1. The van der Waals surface area contributed by atoms with Crippen molar-refractivity contribution in [2.75, 3.05) is 31.2 Å². The number of para-hydroxylation sites is 1. The third kappa shape index (κ3) is 2.96. The van der Waals surface area contributed by atoms with Gasteiger partial charge in [0.05, 0.1) is 13.2 Å². The van der Waals surface area contributed by atoms with Crippen molar-refractivity contribution in [3.63, 3.8) is 0 Å². The van der Waals surface area contributed by atoms with Crippen LogP contribution in [-0.4, -0.2) is 35.9 Å². The monoisotopic (exact) mass is 375 g/mol. The molecule has 0 spiro atoms. The quantitative estimate of drug-likeness (QED) is 0.513. The number of aromatic nitrogens is 2. The SMILES string of the molecule is O=c1oc2ccccc2c2nc(N3CCOCC3)n(CCc3ccccc3)c12. The smallest absolute Gasteiger partial charge is 0.362 e. The van der Waals surface area contributed by atoms with Crippen molar-refractivity contribution in [2.24, 2.45) is 0 Å². The predicted molar refractivity (Wildman–Crippen MR) is 109 cm³/mol. The predicted octanol–water partition coefficient (Wildman–Crippen LogP) is 3.22. The number of hydrogen-bond acceptors (Lipinski definition) is 5. The van der Waals surface area contributed by atoms with Crippen LogP contribution in [0.1, 0.15) is 5.56 Å². The molecule has 0 unspecified atom stereocenters. The first-order valence-corrected chi connectivity index (χ1v) is 9.60. The van der Waals surface area contributed by atoms with Crippen molar-refractivity contribution in [3.05, 3.63) is 70.6 Å². The van der Waals surface area contributed by atoms with E-state index in [-0.39, 0.29) is 5.63 Å². The average Bonchev–Trinajstić information content (AvgIpc) is 3.14. The lowest BCUT2D eigenvalue weighted by Gasteiger charge is -2.28. The van der Waals surface area contributed by atoms with E-state index >= 15 is 0 Å². The van der Waals surface area contributed by atoms with E-state index in [9.17, 15) is 4.79 Å². The molecule has 3 heterocycles. The number of anilines is 1. The van der Waals surface area contributed by atoms with Gasteiger partial charge in [0, 0.05) is 25.0 Å². The minimum absolute atomic E-state index is 0.339. The van der Waals surface area contributed by atoms with E-state index in [2.05, 4.69) is 17.0 Å². The van der Waals surface area contributed by atoms with Crippen molar-refractivity contribution >= 4 is 28.0 Å². The lowest BCUT2D eigenvalue weighted by Crippen LogP contribution is -2.38. The largest absolute Gasteiger partial charge is 0.421 e. The summed E-state index contributed by atoms with van der Waals surface area (Å²) in [6.07, 6.45) is 0.815. The normalized spacial score (nSPS) is 14.8. The van der Waals surface area contributed by atoms with Gasteiger partial charge in [0.25, 0.3) is 0 Å². The first-order valence-electron chi connectivity index (χ1n) is 9.60. The molecule has 4 aromatic rings. The molecule has 0 radical (unpaired) electrons. The Kier molecular flexibility index (Phi) is 4.33. The molecule has 1 saturated heterocycles. The van der Waals surface area contributed by atoms with Gasteiger partial charge >= 0.3 is 5.63 Å². The second-order valence-corrected chi connectivity index (χ2v) is 6.98. The molecule has 1 aliphatic heterocycles. The fourth-order valence-corrected chi connectivity index (χ4v) is 3.84. The van der Waals surface area contributed by atoms with Crippen LogP contribution in [0.2, 0.25) is 0 Å². The van der Waals surface area contributed by atoms with Gasteiger partial charge < -0.3 is 18.6 Å². The van der Waals surface area contributed by atoms with Gasteiger partial charge in [0.15, 0.2) is 5.52 Å². The number of ether oxygens (including phenoxy) is 1. The van der Waals surface area contributed by atoms with Crippen molar-refractivity contribution in [2.45, 2.75) is 13.0 Å². The Balaban J connectivity index is 1.68. The molecular weight excluding hydrogens is 354 g/mol. The summed E-state index contributed by atoms with van der Waals surface area (Å²) in [7, 11) is 0. The van der Waals surface area contributed by atoms with Gasteiger partial charge in [-0.1, -0.05) is 42.5 Å². The number of rotatable bonds is 4. The van der Waals surface area contributed by atoms with E-state index in [0.29, 0.717) is 36.4 Å². The molecule has 0 N–H and O–H groups in total. The summed E-state index contributed by atoms with van der Waals surface area (Å²) in [4.78, 5) is 20.0. The maximum Gasteiger partial charge on any atom is 0.362 e. The van der Waals surface area contributed by atoms with Crippen LogP contribution in [0.3, 0.4) is 0 Å². The molecular formula is C22H21N3O3. The van der Waals surface area contributed by atoms with Gasteiger partial charge in [-0.25, -0.2) is 9.78 Å². The average molecular weight is 375 g/mol. The Morgan fingerprint density at radius 2 is 1.71 bits per heavy atom. The Morgan fingerprint density at radius 1 is 0.964 bits per heavy atom. The number of morpholine rings is 1. The molecule has 1 aliphatic rings. The molecule has 28 heavy (non-hydrogen) atoms. The third-order valence-electron chi connectivity index (χ3n) is 5.25. The van der Waals surface area contributed by atoms with Crippen molar-refractivity contribution in [1.82, 2.24) is 9.55 Å². The zero-order valence-corrected chi connectivity index (χ0v) is 15.5. The first kappa shape index (κ1) is 17.0. The molecule has 6 heteroatoms. The summed E-state index contributed by atoms with van der Waals surface area (Å²) in [5.41, 5.74) is 2.70. The number of hydrogen-bond donors (Lipinski definition) is 0. The summed E-state index contributed by atoms with van der Waals surface area (Å²) in [5.74, 6) is 0.817. The summed E-state index contributed by atoms with van der Waals surface area (Å²) in [6.45, 7) is 3.51. The molecule has 142 valence electrons. The van der Waals surface area contributed by atoms with Gasteiger partial charge in [-0.2, -0.15) is 0 Å². The number of imidazole rings is 1. The van der Waals surface area contributed by atoms with Gasteiger partial charge in [0.1, 0.15) is 11.1 Å². The molecule has 0 aliphatic carbocycles.